The molecule has 0 saturated carbocycles. The molecule has 1 heterocycles. The van der Waals surface area contributed by atoms with Crippen LogP contribution < -0.4 is 4.74 Å². The Balaban J connectivity index is 2.37. The summed E-state index contributed by atoms with van der Waals surface area (Å²) < 4.78 is 5.91. The number of phenols is 2. The molecule has 0 radical (unpaired) electrons. The van der Waals surface area contributed by atoms with Crippen molar-refractivity contribution in [1.82, 2.24) is 0 Å². The standard InChI is InChI=1S/C20H20O5/c1-9(2)5-12-17-11(4)18(20(23)24)14(22)8-16(17)25-15-7-10(3)6-13(21)19(12)15/h5-8,12,21-22H,1-4H3,(H,23,24)/t12-/m1/s1. The molecule has 1 aliphatic rings. The zero-order valence-corrected chi connectivity index (χ0v) is 14.5. The normalized spacial score (nSPS) is 15.0. The molecule has 0 fully saturated rings. The summed E-state index contributed by atoms with van der Waals surface area (Å²) in [5.41, 5.74) is 3.39. The Morgan fingerprint density at radius 3 is 2.28 bits per heavy atom. The first-order valence-electron chi connectivity index (χ1n) is 7.96. The predicted molar refractivity (Wildman–Crippen MR) is 94.0 cm³/mol. The number of hydrogen-bond acceptors (Lipinski definition) is 4. The zero-order chi connectivity index (χ0) is 18.5. The molecule has 2 aromatic carbocycles. The maximum absolute atomic E-state index is 11.5. The number of phenolic OH excluding ortho intramolecular Hbond substituents is 1. The molecule has 0 unspecified atom stereocenters. The number of aryl methyl sites for hydroxylation is 1. The molecule has 0 bridgehead atoms. The summed E-state index contributed by atoms with van der Waals surface area (Å²) in [6.45, 7) is 7.38. The van der Waals surface area contributed by atoms with Gasteiger partial charge in [0.2, 0.25) is 0 Å². The van der Waals surface area contributed by atoms with E-state index >= 15 is 0 Å². The lowest BCUT2D eigenvalue weighted by Gasteiger charge is -2.30. The molecule has 0 aliphatic carbocycles. The van der Waals surface area contributed by atoms with Crippen molar-refractivity contribution in [3.63, 3.8) is 0 Å². The van der Waals surface area contributed by atoms with Gasteiger partial charge in [0.15, 0.2) is 0 Å². The van der Waals surface area contributed by atoms with Crippen molar-refractivity contribution in [3.05, 3.63) is 57.7 Å². The topological polar surface area (TPSA) is 87.0 Å². The molecular formula is C20H20O5. The third-order valence-electron chi connectivity index (χ3n) is 4.39. The van der Waals surface area contributed by atoms with Gasteiger partial charge in [-0.05, 0) is 51.0 Å². The molecule has 2 aromatic rings. The van der Waals surface area contributed by atoms with Gasteiger partial charge in [-0.2, -0.15) is 0 Å². The van der Waals surface area contributed by atoms with Gasteiger partial charge in [-0.3, -0.25) is 0 Å². The van der Waals surface area contributed by atoms with Crippen LogP contribution in [0.25, 0.3) is 0 Å². The fraction of sp³-hybridized carbons (Fsp3) is 0.250. The van der Waals surface area contributed by atoms with Gasteiger partial charge in [0, 0.05) is 23.1 Å². The Hall–Kier alpha value is -2.95. The molecule has 5 heteroatoms. The Bertz CT molecular complexity index is 920. The highest BCUT2D eigenvalue weighted by Crippen LogP contribution is 2.52. The fourth-order valence-electron chi connectivity index (χ4n) is 3.43. The predicted octanol–water partition coefficient (Wildman–Crippen LogP) is 4.62. The van der Waals surface area contributed by atoms with E-state index in [1.54, 1.807) is 13.0 Å². The van der Waals surface area contributed by atoms with Crippen LogP contribution in [0, 0.1) is 13.8 Å². The molecule has 0 spiro atoms. The Kier molecular flexibility index (Phi) is 3.95. The first kappa shape index (κ1) is 16.9. The van der Waals surface area contributed by atoms with Gasteiger partial charge in [0.1, 0.15) is 28.6 Å². The first-order chi connectivity index (χ1) is 11.7. The summed E-state index contributed by atoms with van der Waals surface area (Å²) in [7, 11) is 0. The Morgan fingerprint density at radius 2 is 1.68 bits per heavy atom. The fourth-order valence-corrected chi connectivity index (χ4v) is 3.43. The van der Waals surface area contributed by atoms with Gasteiger partial charge < -0.3 is 20.1 Å². The van der Waals surface area contributed by atoms with Crippen molar-refractivity contribution in [2.75, 3.05) is 0 Å². The Labute approximate surface area is 145 Å². The second kappa shape index (κ2) is 5.84. The van der Waals surface area contributed by atoms with Crippen LogP contribution in [0.5, 0.6) is 23.0 Å². The molecule has 3 rings (SSSR count). The molecule has 25 heavy (non-hydrogen) atoms. The number of allylic oxidation sites excluding steroid dienone is 2. The minimum absolute atomic E-state index is 0.104. The lowest BCUT2D eigenvalue weighted by atomic mass is 9.82. The second-order valence-corrected chi connectivity index (χ2v) is 6.63. The SMILES string of the molecule is CC(C)=C[C@H]1c2c(O)cc(C)cc2Oc2cc(O)c(C(=O)O)c(C)c21. The van der Waals surface area contributed by atoms with Crippen molar-refractivity contribution >= 4 is 5.97 Å². The number of aromatic carboxylic acids is 1. The lowest BCUT2D eigenvalue weighted by Crippen LogP contribution is -2.14. The van der Waals surface area contributed by atoms with E-state index in [2.05, 4.69) is 0 Å². The number of benzene rings is 2. The average Bonchev–Trinajstić information content (AvgIpc) is 2.44. The summed E-state index contributed by atoms with van der Waals surface area (Å²) in [6.07, 6.45) is 1.96. The number of hydrogen-bond donors (Lipinski definition) is 3. The summed E-state index contributed by atoms with van der Waals surface area (Å²) in [5.74, 6) is -0.877. The molecule has 3 N–H and O–H groups in total. The van der Waals surface area contributed by atoms with E-state index in [0.717, 1.165) is 11.1 Å². The monoisotopic (exact) mass is 340 g/mol. The van der Waals surface area contributed by atoms with Crippen molar-refractivity contribution in [2.45, 2.75) is 33.6 Å². The van der Waals surface area contributed by atoms with E-state index < -0.39 is 5.97 Å². The van der Waals surface area contributed by atoms with Crippen molar-refractivity contribution in [1.29, 1.82) is 0 Å². The highest BCUT2D eigenvalue weighted by atomic mass is 16.5. The quantitative estimate of drug-likeness (QED) is 0.695. The number of ether oxygens (including phenoxy) is 1. The number of fused-ring (bicyclic) bond motifs is 2. The summed E-state index contributed by atoms with van der Waals surface area (Å²) in [5, 5.41) is 30.0. The Morgan fingerprint density at radius 1 is 1.04 bits per heavy atom. The largest absolute Gasteiger partial charge is 0.507 e. The van der Waals surface area contributed by atoms with Crippen molar-refractivity contribution in [3.8, 4) is 23.0 Å². The number of carbonyl (C=O) groups is 1. The van der Waals surface area contributed by atoms with Gasteiger partial charge >= 0.3 is 5.97 Å². The van der Waals surface area contributed by atoms with Crippen LogP contribution in [0.3, 0.4) is 0 Å². The van der Waals surface area contributed by atoms with E-state index in [4.69, 9.17) is 4.74 Å². The summed E-state index contributed by atoms with van der Waals surface area (Å²) in [4.78, 5) is 11.5. The minimum atomic E-state index is -1.20. The van der Waals surface area contributed by atoms with E-state index in [0.29, 0.717) is 28.2 Å². The van der Waals surface area contributed by atoms with E-state index in [9.17, 15) is 20.1 Å². The summed E-state index contributed by atoms with van der Waals surface area (Å²) in [6, 6.07) is 4.81. The van der Waals surface area contributed by atoms with Gasteiger partial charge in [0.25, 0.3) is 0 Å². The van der Waals surface area contributed by atoms with Gasteiger partial charge in [0.05, 0.1) is 0 Å². The van der Waals surface area contributed by atoms with Crippen LogP contribution in [-0.2, 0) is 0 Å². The van der Waals surface area contributed by atoms with Gasteiger partial charge in [-0.1, -0.05) is 11.6 Å². The number of carboxylic acids is 1. The molecule has 1 atom stereocenters. The third-order valence-corrected chi connectivity index (χ3v) is 4.39. The number of rotatable bonds is 2. The van der Waals surface area contributed by atoms with Crippen LogP contribution in [-0.4, -0.2) is 21.3 Å². The third kappa shape index (κ3) is 2.71. The maximum Gasteiger partial charge on any atom is 0.339 e. The number of carboxylic acid groups (broad SMARTS) is 1. The first-order valence-corrected chi connectivity index (χ1v) is 7.96. The maximum atomic E-state index is 11.5. The lowest BCUT2D eigenvalue weighted by molar-refractivity contribution is 0.0692. The molecule has 5 nitrogen and oxygen atoms in total. The molecule has 0 saturated heterocycles. The molecule has 0 aromatic heterocycles. The van der Waals surface area contributed by atoms with Crippen molar-refractivity contribution in [2.24, 2.45) is 0 Å². The highest BCUT2D eigenvalue weighted by molar-refractivity contribution is 5.94. The van der Waals surface area contributed by atoms with Crippen molar-refractivity contribution < 1.29 is 24.9 Å². The average molecular weight is 340 g/mol. The van der Waals surface area contributed by atoms with E-state index in [-0.39, 0.29) is 23.0 Å². The van der Waals surface area contributed by atoms with E-state index in [1.807, 2.05) is 32.9 Å². The molecule has 1 aliphatic heterocycles. The van der Waals surface area contributed by atoms with Crippen LogP contribution in [0.15, 0.2) is 29.8 Å². The van der Waals surface area contributed by atoms with E-state index in [1.165, 1.54) is 6.07 Å². The zero-order valence-electron chi connectivity index (χ0n) is 14.5. The minimum Gasteiger partial charge on any atom is -0.507 e. The van der Waals surface area contributed by atoms with Crippen LogP contribution in [0.4, 0.5) is 0 Å². The molecule has 0 amide bonds. The second-order valence-electron chi connectivity index (χ2n) is 6.63. The molecule has 130 valence electrons. The highest BCUT2D eigenvalue weighted by Gasteiger charge is 2.33. The van der Waals surface area contributed by atoms with Crippen LogP contribution >= 0.6 is 0 Å². The van der Waals surface area contributed by atoms with Crippen LogP contribution in [0.1, 0.15) is 52.4 Å². The van der Waals surface area contributed by atoms with Gasteiger partial charge in [-0.25, -0.2) is 4.79 Å². The number of aromatic hydroxyl groups is 2. The summed E-state index contributed by atoms with van der Waals surface area (Å²) >= 11 is 0. The van der Waals surface area contributed by atoms with Crippen LogP contribution in [0.2, 0.25) is 0 Å². The molecular weight excluding hydrogens is 320 g/mol. The van der Waals surface area contributed by atoms with Gasteiger partial charge in [-0.15, -0.1) is 0 Å². The smallest absolute Gasteiger partial charge is 0.339 e.